The van der Waals surface area contributed by atoms with Crippen LogP contribution < -0.4 is 4.90 Å². The van der Waals surface area contributed by atoms with E-state index >= 15 is 0 Å². The summed E-state index contributed by atoms with van der Waals surface area (Å²) in [6.45, 7) is 2.51. The predicted octanol–water partition coefficient (Wildman–Crippen LogP) is 0.440. The summed E-state index contributed by atoms with van der Waals surface area (Å²) in [4.78, 5) is 10.8. The lowest BCUT2D eigenvalue weighted by Crippen LogP contribution is -2.34. The molecule has 0 atom stereocenters. The molecule has 0 amide bonds. The molecule has 114 valence electrons. The third kappa shape index (κ3) is 2.73. The minimum Gasteiger partial charge on any atom is -0.355 e. The average Bonchev–Trinajstić information content (AvgIpc) is 2.67. The predicted molar refractivity (Wildman–Crippen MR) is 81.8 cm³/mol. The van der Waals surface area contributed by atoms with Gasteiger partial charge in [-0.05, 0) is 12.5 Å². The van der Waals surface area contributed by atoms with Gasteiger partial charge >= 0.3 is 0 Å². The molecule has 0 N–H and O–H groups in total. The van der Waals surface area contributed by atoms with Crippen molar-refractivity contribution in [1.29, 1.82) is 0 Å². The highest BCUT2D eigenvalue weighted by molar-refractivity contribution is 7.88. The Morgan fingerprint density at radius 3 is 2.71 bits per heavy atom. The molecule has 1 aliphatic rings. The fourth-order valence-electron chi connectivity index (χ4n) is 2.75. The summed E-state index contributed by atoms with van der Waals surface area (Å²) < 4.78 is 26.9. The van der Waals surface area contributed by atoms with Gasteiger partial charge in [0.25, 0.3) is 0 Å². The first-order chi connectivity index (χ1) is 9.97. The highest BCUT2D eigenvalue weighted by Gasteiger charge is 2.23. The van der Waals surface area contributed by atoms with Crippen LogP contribution in [0.25, 0.3) is 11.0 Å². The standard InChI is InChI=1S/C13H19N5O2S/c1-16-7-4-11-12(16)14-10-15-13(11)17-5-3-6-18(9-8-17)21(2,19)20/h4,7,10H,3,5-6,8-9H2,1-2H3. The minimum absolute atomic E-state index is 0.497. The molecule has 0 spiro atoms. The van der Waals surface area contributed by atoms with Gasteiger partial charge < -0.3 is 9.47 Å². The minimum atomic E-state index is -3.12. The topological polar surface area (TPSA) is 71.3 Å². The zero-order valence-corrected chi connectivity index (χ0v) is 13.0. The normalized spacial score (nSPS) is 18.1. The maximum absolute atomic E-state index is 11.7. The molecule has 21 heavy (non-hydrogen) atoms. The molecule has 3 heterocycles. The van der Waals surface area contributed by atoms with Gasteiger partial charge in [0.2, 0.25) is 10.0 Å². The van der Waals surface area contributed by atoms with E-state index in [0.717, 1.165) is 29.8 Å². The fraction of sp³-hybridized carbons (Fsp3) is 0.538. The van der Waals surface area contributed by atoms with Gasteiger partial charge in [-0.1, -0.05) is 0 Å². The van der Waals surface area contributed by atoms with Gasteiger partial charge in [0, 0.05) is 39.4 Å². The van der Waals surface area contributed by atoms with E-state index in [1.54, 1.807) is 6.33 Å². The van der Waals surface area contributed by atoms with Crippen LogP contribution in [0.2, 0.25) is 0 Å². The molecule has 1 aliphatic heterocycles. The maximum atomic E-state index is 11.7. The first-order valence-electron chi connectivity index (χ1n) is 6.93. The number of hydrogen-bond acceptors (Lipinski definition) is 5. The van der Waals surface area contributed by atoms with Crippen molar-refractivity contribution >= 4 is 26.9 Å². The SMILES string of the molecule is Cn1ccc2c(N3CCCN(S(C)(=O)=O)CC3)ncnc21. The molecule has 7 nitrogen and oxygen atoms in total. The Hall–Kier alpha value is -1.67. The van der Waals surface area contributed by atoms with Crippen molar-refractivity contribution in [3.63, 3.8) is 0 Å². The highest BCUT2D eigenvalue weighted by atomic mass is 32.2. The molecule has 0 bridgehead atoms. The number of anilines is 1. The molecular weight excluding hydrogens is 290 g/mol. The Kier molecular flexibility index (Phi) is 3.58. The Morgan fingerprint density at radius 1 is 1.14 bits per heavy atom. The van der Waals surface area contributed by atoms with Crippen molar-refractivity contribution in [3.8, 4) is 0 Å². The van der Waals surface area contributed by atoms with Gasteiger partial charge in [0.15, 0.2) is 0 Å². The van der Waals surface area contributed by atoms with E-state index < -0.39 is 10.0 Å². The number of rotatable bonds is 2. The Bertz CT molecular complexity index is 755. The number of hydrogen-bond donors (Lipinski definition) is 0. The van der Waals surface area contributed by atoms with E-state index in [0.29, 0.717) is 19.6 Å². The van der Waals surface area contributed by atoms with E-state index in [-0.39, 0.29) is 0 Å². The number of fused-ring (bicyclic) bond motifs is 1. The third-order valence-electron chi connectivity index (χ3n) is 3.86. The van der Waals surface area contributed by atoms with E-state index in [1.807, 2.05) is 23.9 Å². The largest absolute Gasteiger partial charge is 0.355 e. The lowest BCUT2D eigenvalue weighted by atomic mass is 10.3. The molecule has 2 aromatic heterocycles. The van der Waals surface area contributed by atoms with Gasteiger partial charge in [0.1, 0.15) is 17.8 Å². The van der Waals surface area contributed by atoms with Crippen molar-refractivity contribution in [1.82, 2.24) is 18.8 Å². The van der Waals surface area contributed by atoms with Gasteiger partial charge in [-0.3, -0.25) is 0 Å². The van der Waals surface area contributed by atoms with Crippen LogP contribution in [0.4, 0.5) is 5.82 Å². The molecular formula is C13H19N5O2S. The summed E-state index contributed by atoms with van der Waals surface area (Å²) in [5.41, 5.74) is 0.893. The zero-order valence-electron chi connectivity index (χ0n) is 12.2. The van der Waals surface area contributed by atoms with Crippen LogP contribution in [-0.2, 0) is 17.1 Å². The zero-order chi connectivity index (χ0) is 15.0. The monoisotopic (exact) mass is 309 g/mol. The molecule has 1 fully saturated rings. The third-order valence-corrected chi connectivity index (χ3v) is 5.17. The summed E-state index contributed by atoms with van der Waals surface area (Å²) in [7, 11) is -1.17. The fourth-order valence-corrected chi connectivity index (χ4v) is 3.63. The smallest absolute Gasteiger partial charge is 0.211 e. The van der Waals surface area contributed by atoms with Crippen LogP contribution >= 0.6 is 0 Å². The summed E-state index contributed by atoms with van der Waals surface area (Å²) in [5, 5.41) is 1.01. The number of nitrogens with zero attached hydrogens (tertiary/aromatic N) is 5. The molecule has 0 aromatic carbocycles. The number of aryl methyl sites for hydroxylation is 1. The van der Waals surface area contributed by atoms with E-state index in [4.69, 9.17) is 0 Å². The van der Waals surface area contributed by atoms with Crippen LogP contribution in [0.1, 0.15) is 6.42 Å². The summed E-state index contributed by atoms with van der Waals surface area (Å²) >= 11 is 0. The average molecular weight is 309 g/mol. The van der Waals surface area contributed by atoms with Crippen LogP contribution in [0, 0.1) is 0 Å². The van der Waals surface area contributed by atoms with Crippen LogP contribution in [-0.4, -0.2) is 59.7 Å². The first kappa shape index (κ1) is 14.3. The van der Waals surface area contributed by atoms with Crippen LogP contribution in [0.5, 0.6) is 0 Å². The van der Waals surface area contributed by atoms with Crippen molar-refractivity contribution in [2.45, 2.75) is 6.42 Å². The first-order valence-corrected chi connectivity index (χ1v) is 8.78. The summed E-state index contributed by atoms with van der Waals surface area (Å²) in [6.07, 6.45) is 5.59. The van der Waals surface area contributed by atoms with Crippen molar-refractivity contribution in [2.75, 3.05) is 37.3 Å². The van der Waals surface area contributed by atoms with Crippen LogP contribution in [0.15, 0.2) is 18.6 Å². The summed E-state index contributed by atoms with van der Waals surface area (Å²) in [5.74, 6) is 0.885. The van der Waals surface area contributed by atoms with Crippen molar-refractivity contribution < 1.29 is 8.42 Å². The van der Waals surface area contributed by atoms with E-state index in [1.165, 1.54) is 10.6 Å². The lowest BCUT2D eigenvalue weighted by Gasteiger charge is -2.22. The molecule has 0 saturated carbocycles. The van der Waals surface area contributed by atoms with E-state index in [2.05, 4.69) is 14.9 Å². The second-order valence-electron chi connectivity index (χ2n) is 5.36. The molecule has 0 radical (unpaired) electrons. The molecule has 1 saturated heterocycles. The van der Waals surface area contributed by atoms with Gasteiger partial charge in [-0.25, -0.2) is 22.7 Å². The number of aromatic nitrogens is 3. The van der Waals surface area contributed by atoms with Crippen molar-refractivity contribution in [2.24, 2.45) is 7.05 Å². The molecule has 8 heteroatoms. The van der Waals surface area contributed by atoms with Crippen LogP contribution in [0.3, 0.4) is 0 Å². The van der Waals surface area contributed by atoms with E-state index in [9.17, 15) is 8.42 Å². The molecule has 3 rings (SSSR count). The second-order valence-corrected chi connectivity index (χ2v) is 7.35. The highest BCUT2D eigenvalue weighted by Crippen LogP contribution is 2.24. The van der Waals surface area contributed by atoms with Gasteiger partial charge in [-0.2, -0.15) is 0 Å². The Morgan fingerprint density at radius 2 is 1.95 bits per heavy atom. The molecule has 2 aromatic rings. The molecule has 0 aliphatic carbocycles. The van der Waals surface area contributed by atoms with Gasteiger partial charge in [0.05, 0.1) is 11.6 Å². The maximum Gasteiger partial charge on any atom is 0.211 e. The second kappa shape index (κ2) is 5.27. The quantitative estimate of drug-likeness (QED) is 0.805. The van der Waals surface area contributed by atoms with Gasteiger partial charge in [-0.15, -0.1) is 0 Å². The number of sulfonamides is 1. The Labute approximate surface area is 124 Å². The summed E-state index contributed by atoms with van der Waals surface area (Å²) in [6, 6.07) is 2.00. The molecule has 0 unspecified atom stereocenters. The van der Waals surface area contributed by atoms with Crippen molar-refractivity contribution in [3.05, 3.63) is 18.6 Å². The Balaban J connectivity index is 1.90. The lowest BCUT2D eigenvalue weighted by molar-refractivity contribution is 0.437.